The maximum Gasteiger partial charge on any atom is 0.416 e. The van der Waals surface area contributed by atoms with Gasteiger partial charge >= 0.3 is 6.18 Å². The third-order valence-corrected chi connectivity index (χ3v) is 5.76. The number of aromatic nitrogens is 2. The Labute approximate surface area is 190 Å². The van der Waals surface area contributed by atoms with Gasteiger partial charge < -0.3 is 9.42 Å². The monoisotopic (exact) mass is 458 g/mol. The summed E-state index contributed by atoms with van der Waals surface area (Å²) >= 11 is 0. The number of amides is 1. The smallest absolute Gasteiger partial charge is 0.339 e. The van der Waals surface area contributed by atoms with Crippen LogP contribution >= 0.6 is 0 Å². The van der Waals surface area contributed by atoms with Crippen LogP contribution in [-0.4, -0.2) is 58.6 Å². The number of rotatable bonds is 6. The molecule has 33 heavy (non-hydrogen) atoms. The summed E-state index contributed by atoms with van der Waals surface area (Å²) in [6.07, 6.45) is -2.89. The average Bonchev–Trinajstić information content (AvgIpc) is 3.28. The summed E-state index contributed by atoms with van der Waals surface area (Å²) in [5.41, 5.74) is 1.61. The molecule has 1 saturated heterocycles. The van der Waals surface area contributed by atoms with Crippen molar-refractivity contribution >= 4 is 5.91 Å². The van der Waals surface area contributed by atoms with Crippen LogP contribution in [0.2, 0.25) is 0 Å². The first-order chi connectivity index (χ1) is 15.8. The fraction of sp³-hybridized carbons (Fsp3) is 0.375. The van der Waals surface area contributed by atoms with Crippen LogP contribution in [0.1, 0.15) is 33.8 Å². The molecule has 0 unspecified atom stereocenters. The zero-order chi connectivity index (χ0) is 23.4. The number of hydrogen-bond acceptors (Lipinski definition) is 5. The summed E-state index contributed by atoms with van der Waals surface area (Å²) in [7, 11) is 0. The molecule has 9 heteroatoms. The molecule has 3 aromatic rings. The third kappa shape index (κ3) is 5.78. The summed E-state index contributed by atoms with van der Waals surface area (Å²) in [5, 5.41) is 4.05. The highest BCUT2D eigenvalue weighted by atomic mass is 19.4. The summed E-state index contributed by atoms with van der Waals surface area (Å²) in [4.78, 5) is 21.0. The fourth-order valence-corrected chi connectivity index (χ4v) is 3.79. The number of carbonyl (C=O) groups excluding carboxylic acids is 1. The predicted octanol–water partition coefficient (Wildman–Crippen LogP) is 4.45. The van der Waals surface area contributed by atoms with Gasteiger partial charge in [-0.1, -0.05) is 35.0 Å². The van der Waals surface area contributed by atoms with Gasteiger partial charge in [-0.05, 0) is 44.2 Å². The van der Waals surface area contributed by atoms with Crippen LogP contribution < -0.4 is 0 Å². The molecule has 0 radical (unpaired) electrons. The molecule has 1 aliphatic heterocycles. The highest BCUT2D eigenvalue weighted by Gasteiger charge is 2.30. The van der Waals surface area contributed by atoms with E-state index in [0.717, 1.165) is 30.7 Å². The van der Waals surface area contributed by atoms with Gasteiger partial charge in [-0.15, -0.1) is 0 Å². The van der Waals surface area contributed by atoms with Crippen LogP contribution in [0.25, 0.3) is 11.4 Å². The molecule has 174 valence electrons. The Morgan fingerprint density at radius 2 is 1.67 bits per heavy atom. The van der Waals surface area contributed by atoms with Gasteiger partial charge in [0, 0.05) is 43.7 Å². The first-order valence-corrected chi connectivity index (χ1v) is 10.9. The minimum absolute atomic E-state index is 0.238. The molecular weight excluding hydrogens is 433 g/mol. The molecule has 0 bridgehead atoms. The van der Waals surface area contributed by atoms with Gasteiger partial charge in [-0.2, -0.15) is 18.2 Å². The van der Waals surface area contributed by atoms with Crippen LogP contribution in [0.5, 0.6) is 0 Å². The average molecular weight is 458 g/mol. The van der Waals surface area contributed by atoms with E-state index in [-0.39, 0.29) is 11.5 Å². The Bertz CT molecular complexity index is 1070. The Morgan fingerprint density at radius 1 is 1.00 bits per heavy atom. The second kappa shape index (κ2) is 9.74. The van der Waals surface area contributed by atoms with Crippen LogP contribution in [0.4, 0.5) is 13.2 Å². The molecule has 2 heterocycles. The van der Waals surface area contributed by atoms with E-state index in [1.165, 1.54) is 17.7 Å². The number of nitrogens with zero attached hydrogens (tertiary/aromatic N) is 4. The van der Waals surface area contributed by atoms with Crippen molar-refractivity contribution in [3.05, 3.63) is 71.1 Å². The van der Waals surface area contributed by atoms with Crippen LogP contribution in [0.15, 0.2) is 53.1 Å². The Kier molecular flexibility index (Phi) is 6.78. The summed E-state index contributed by atoms with van der Waals surface area (Å²) in [5.74, 6) is 0.944. The Hall–Kier alpha value is -3.20. The molecular formula is C24H25F3N4O2. The van der Waals surface area contributed by atoms with E-state index in [1.807, 2.05) is 31.2 Å². The number of carbonyl (C=O) groups is 1. The molecule has 1 fully saturated rings. The third-order valence-electron chi connectivity index (χ3n) is 5.76. The predicted molar refractivity (Wildman–Crippen MR) is 117 cm³/mol. The van der Waals surface area contributed by atoms with E-state index in [0.29, 0.717) is 44.3 Å². The van der Waals surface area contributed by atoms with Gasteiger partial charge in [0.25, 0.3) is 5.91 Å². The van der Waals surface area contributed by atoms with E-state index >= 15 is 0 Å². The summed E-state index contributed by atoms with van der Waals surface area (Å²) in [6.45, 7) is 5.37. The molecule has 1 amide bonds. The van der Waals surface area contributed by atoms with Crippen molar-refractivity contribution in [2.45, 2.75) is 25.9 Å². The maximum absolute atomic E-state index is 12.7. The zero-order valence-electron chi connectivity index (χ0n) is 18.3. The van der Waals surface area contributed by atoms with E-state index in [1.54, 1.807) is 4.90 Å². The topological polar surface area (TPSA) is 62.5 Å². The van der Waals surface area contributed by atoms with E-state index in [4.69, 9.17) is 4.52 Å². The lowest BCUT2D eigenvalue weighted by Gasteiger charge is -2.34. The van der Waals surface area contributed by atoms with Gasteiger partial charge in [-0.3, -0.25) is 9.69 Å². The van der Waals surface area contributed by atoms with E-state index < -0.39 is 11.7 Å². The number of aryl methyl sites for hydroxylation is 2. The van der Waals surface area contributed by atoms with Crippen molar-refractivity contribution in [1.29, 1.82) is 0 Å². The largest absolute Gasteiger partial charge is 0.416 e. The van der Waals surface area contributed by atoms with E-state index in [9.17, 15) is 18.0 Å². The van der Waals surface area contributed by atoms with Crippen molar-refractivity contribution in [3.8, 4) is 11.4 Å². The lowest BCUT2D eigenvalue weighted by molar-refractivity contribution is -0.137. The molecule has 2 aromatic carbocycles. The molecule has 4 rings (SSSR count). The maximum atomic E-state index is 12.7. The zero-order valence-corrected chi connectivity index (χ0v) is 18.3. The first-order valence-electron chi connectivity index (χ1n) is 10.9. The first kappa shape index (κ1) is 23.0. The fourth-order valence-electron chi connectivity index (χ4n) is 3.79. The summed E-state index contributed by atoms with van der Waals surface area (Å²) < 4.78 is 43.5. The van der Waals surface area contributed by atoms with Crippen molar-refractivity contribution in [2.24, 2.45) is 0 Å². The van der Waals surface area contributed by atoms with Crippen molar-refractivity contribution in [3.63, 3.8) is 0 Å². The molecule has 0 atom stereocenters. The number of benzene rings is 2. The van der Waals surface area contributed by atoms with Crippen LogP contribution in [0.3, 0.4) is 0 Å². The quantitative estimate of drug-likeness (QED) is 0.546. The Balaban J connectivity index is 1.21. The second-order valence-corrected chi connectivity index (χ2v) is 8.19. The number of halogens is 3. The molecule has 1 aromatic heterocycles. The second-order valence-electron chi connectivity index (χ2n) is 8.19. The normalized spacial score (nSPS) is 15.1. The molecule has 0 aliphatic carbocycles. The van der Waals surface area contributed by atoms with Gasteiger partial charge in [0.15, 0.2) is 0 Å². The minimum Gasteiger partial charge on any atom is -0.339 e. The highest BCUT2D eigenvalue weighted by Crippen LogP contribution is 2.29. The molecule has 0 spiro atoms. The summed E-state index contributed by atoms with van der Waals surface area (Å²) in [6, 6.07) is 12.3. The van der Waals surface area contributed by atoms with Gasteiger partial charge in [0.2, 0.25) is 11.7 Å². The SMILES string of the molecule is Cc1ccc(-c2noc(CCCN3CCN(C(=O)c4ccc(C(F)(F)F)cc4)CC3)n2)cc1. The standard InChI is InChI=1S/C24H25F3N4O2/c1-17-4-6-18(7-5-17)22-28-21(33-29-22)3-2-12-30-13-15-31(16-14-30)23(32)19-8-10-20(11-9-19)24(25,26)27/h4-11H,2-3,12-16H2,1H3. The number of alkyl halides is 3. The lowest BCUT2D eigenvalue weighted by Crippen LogP contribution is -2.48. The van der Waals surface area contributed by atoms with Gasteiger partial charge in [0.05, 0.1) is 5.56 Å². The molecule has 1 aliphatic rings. The van der Waals surface area contributed by atoms with Crippen LogP contribution in [-0.2, 0) is 12.6 Å². The molecule has 6 nitrogen and oxygen atoms in total. The number of piperazine rings is 1. The minimum atomic E-state index is -4.41. The van der Waals surface area contributed by atoms with Gasteiger partial charge in [0.1, 0.15) is 0 Å². The van der Waals surface area contributed by atoms with Crippen molar-refractivity contribution in [2.75, 3.05) is 32.7 Å². The van der Waals surface area contributed by atoms with Gasteiger partial charge in [-0.25, -0.2) is 0 Å². The van der Waals surface area contributed by atoms with Crippen LogP contribution in [0, 0.1) is 6.92 Å². The lowest BCUT2D eigenvalue weighted by atomic mass is 10.1. The number of hydrogen-bond donors (Lipinski definition) is 0. The molecule has 0 N–H and O–H groups in total. The van der Waals surface area contributed by atoms with Crippen molar-refractivity contribution < 1.29 is 22.5 Å². The highest BCUT2D eigenvalue weighted by molar-refractivity contribution is 5.94. The molecule has 0 saturated carbocycles. The van der Waals surface area contributed by atoms with E-state index in [2.05, 4.69) is 15.0 Å². The Morgan fingerprint density at radius 3 is 2.30 bits per heavy atom. The van der Waals surface area contributed by atoms with Crippen molar-refractivity contribution in [1.82, 2.24) is 19.9 Å².